The number of carboxylic acid groups (broad SMARTS) is 1. The molecule has 0 bridgehead atoms. The number of para-hydroxylation sites is 1. The monoisotopic (exact) mass is 248 g/mol. The minimum atomic E-state index is -0.782. The van der Waals surface area contributed by atoms with Gasteiger partial charge in [0.2, 0.25) is 0 Å². The molecule has 0 fully saturated rings. The third-order valence-corrected chi connectivity index (χ3v) is 3.22. The van der Waals surface area contributed by atoms with E-state index < -0.39 is 5.97 Å². The van der Waals surface area contributed by atoms with Crippen LogP contribution in [-0.2, 0) is 10.5 Å². The van der Waals surface area contributed by atoms with Crippen molar-refractivity contribution in [2.24, 2.45) is 0 Å². The standard InChI is InChI=1S/C12H12N2O2S/c15-12(16)8-17-7-10-3-1-2-4-11(10)14-6-5-13-9-14/h1-6,9H,7-8H2,(H,15,16). The van der Waals surface area contributed by atoms with E-state index in [1.807, 2.05) is 35.0 Å². The summed E-state index contributed by atoms with van der Waals surface area (Å²) in [5, 5.41) is 8.61. The van der Waals surface area contributed by atoms with Gasteiger partial charge in [0.05, 0.1) is 17.8 Å². The predicted molar refractivity (Wildman–Crippen MR) is 67.4 cm³/mol. The number of imidazole rings is 1. The van der Waals surface area contributed by atoms with Crippen LogP contribution in [0.1, 0.15) is 5.56 Å². The Labute approximate surface area is 103 Å². The molecule has 0 saturated carbocycles. The molecule has 1 heterocycles. The molecule has 0 spiro atoms. The highest BCUT2D eigenvalue weighted by Gasteiger charge is 2.04. The highest BCUT2D eigenvalue weighted by Crippen LogP contribution is 2.19. The highest BCUT2D eigenvalue weighted by molar-refractivity contribution is 7.99. The summed E-state index contributed by atoms with van der Waals surface area (Å²) in [5.74, 6) is 0.0222. The summed E-state index contributed by atoms with van der Waals surface area (Å²) in [5.41, 5.74) is 2.15. The van der Waals surface area contributed by atoms with Gasteiger partial charge in [-0.2, -0.15) is 0 Å². The van der Waals surface area contributed by atoms with E-state index in [9.17, 15) is 4.79 Å². The smallest absolute Gasteiger partial charge is 0.313 e. The lowest BCUT2D eigenvalue weighted by Crippen LogP contribution is -2.00. The summed E-state index contributed by atoms with van der Waals surface area (Å²) in [6.45, 7) is 0. The molecule has 17 heavy (non-hydrogen) atoms. The number of rotatable bonds is 5. The fourth-order valence-corrected chi connectivity index (χ4v) is 2.28. The number of hydrogen-bond donors (Lipinski definition) is 1. The van der Waals surface area contributed by atoms with Crippen LogP contribution in [0.25, 0.3) is 5.69 Å². The largest absolute Gasteiger partial charge is 0.481 e. The maximum atomic E-state index is 10.5. The van der Waals surface area contributed by atoms with E-state index in [4.69, 9.17) is 5.11 Å². The summed E-state index contributed by atoms with van der Waals surface area (Å²) < 4.78 is 1.93. The van der Waals surface area contributed by atoms with E-state index in [1.165, 1.54) is 11.8 Å². The van der Waals surface area contributed by atoms with Crippen LogP contribution in [0.2, 0.25) is 0 Å². The molecule has 0 aliphatic carbocycles. The van der Waals surface area contributed by atoms with E-state index in [2.05, 4.69) is 4.98 Å². The second kappa shape index (κ2) is 5.54. The fraction of sp³-hybridized carbons (Fsp3) is 0.167. The number of nitrogens with zero attached hydrogens (tertiary/aromatic N) is 2. The molecular weight excluding hydrogens is 236 g/mol. The van der Waals surface area contributed by atoms with Gasteiger partial charge in [-0.3, -0.25) is 4.79 Å². The maximum Gasteiger partial charge on any atom is 0.313 e. The Hall–Kier alpha value is -1.75. The van der Waals surface area contributed by atoms with Crippen LogP contribution in [0.5, 0.6) is 0 Å². The Kier molecular flexibility index (Phi) is 3.82. The molecule has 88 valence electrons. The molecule has 5 heteroatoms. The van der Waals surface area contributed by atoms with E-state index in [-0.39, 0.29) is 5.75 Å². The van der Waals surface area contributed by atoms with Crippen LogP contribution in [0.3, 0.4) is 0 Å². The van der Waals surface area contributed by atoms with Crippen LogP contribution < -0.4 is 0 Å². The molecule has 0 amide bonds. The van der Waals surface area contributed by atoms with Crippen LogP contribution in [-0.4, -0.2) is 26.4 Å². The van der Waals surface area contributed by atoms with E-state index in [1.54, 1.807) is 12.5 Å². The molecule has 1 aromatic carbocycles. The zero-order valence-electron chi connectivity index (χ0n) is 9.11. The number of carbonyl (C=O) groups is 1. The zero-order chi connectivity index (χ0) is 12.1. The Balaban J connectivity index is 2.14. The second-order valence-electron chi connectivity index (χ2n) is 3.49. The molecule has 1 N–H and O–H groups in total. The van der Waals surface area contributed by atoms with Gasteiger partial charge in [-0.25, -0.2) is 4.98 Å². The van der Waals surface area contributed by atoms with Gasteiger partial charge in [0, 0.05) is 18.1 Å². The van der Waals surface area contributed by atoms with Gasteiger partial charge >= 0.3 is 5.97 Å². The summed E-state index contributed by atoms with van der Waals surface area (Å²) in [4.78, 5) is 14.5. The third-order valence-electron chi connectivity index (χ3n) is 2.26. The van der Waals surface area contributed by atoms with Crippen molar-refractivity contribution in [2.75, 3.05) is 5.75 Å². The zero-order valence-corrected chi connectivity index (χ0v) is 9.93. The summed E-state index contributed by atoms with van der Waals surface area (Å²) in [7, 11) is 0. The Bertz CT molecular complexity index is 497. The minimum absolute atomic E-state index is 0.123. The first kappa shape index (κ1) is 11.7. The first-order valence-electron chi connectivity index (χ1n) is 5.13. The third kappa shape index (κ3) is 3.10. The minimum Gasteiger partial charge on any atom is -0.481 e. The molecule has 2 rings (SSSR count). The van der Waals surface area contributed by atoms with Crippen LogP contribution >= 0.6 is 11.8 Å². The molecular formula is C12H12N2O2S. The molecule has 0 aliphatic rings. The van der Waals surface area contributed by atoms with Crippen molar-refractivity contribution >= 4 is 17.7 Å². The SMILES string of the molecule is O=C(O)CSCc1ccccc1-n1ccnc1. The highest BCUT2D eigenvalue weighted by atomic mass is 32.2. The Morgan fingerprint density at radius 3 is 2.94 bits per heavy atom. The van der Waals surface area contributed by atoms with Gasteiger partial charge < -0.3 is 9.67 Å². The van der Waals surface area contributed by atoms with Crippen molar-refractivity contribution in [3.05, 3.63) is 48.5 Å². The number of aromatic nitrogens is 2. The van der Waals surface area contributed by atoms with Gasteiger partial charge in [-0.1, -0.05) is 18.2 Å². The van der Waals surface area contributed by atoms with Crippen molar-refractivity contribution in [3.8, 4) is 5.69 Å². The van der Waals surface area contributed by atoms with E-state index in [0.717, 1.165) is 11.3 Å². The number of benzene rings is 1. The van der Waals surface area contributed by atoms with Crippen molar-refractivity contribution in [1.29, 1.82) is 0 Å². The number of thioether (sulfide) groups is 1. The first-order valence-corrected chi connectivity index (χ1v) is 6.28. The van der Waals surface area contributed by atoms with Gasteiger partial charge in [-0.15, -0.1) is 11.8 Å². The Morgan fingerprint density at radius 2 is 2.24 bits per heavy atom. The van der Waals surface area contributed by atoms with Crippen molar-refractivity contribution in [2.45, 2.75) is 5.75 Å². The fourth-order valence-electron chi connectivity index (χ4n) is 1.53. The number of hydrogen-bond acceptors (Lipinski definition) is 3. The molecule has 0 saturated heterocycles. The van der Waals surface area contributed by atoms with Crippen molar-refractivity contribution in [1.82, 2.24) is 9.55 Å². The number of aliphatic carboxylic acids is 1. The lowest BCUT2D eigenvalue weighted by molar-refractivity contribution is -0.133. The first-order chi connectivity index (χ1) is 8.27. The average molecular weight is 248 g/mol. The topological polar surface area (TPSA) is 55.1 Å². The van der Waals surface area contributed by atoms with E-state index in [0.29, 0.717) is 5.75 Å². The van der Waals surface area contributed by atoms with Crippen LogP contribution in [0, 0.1) is 0 Å². The molecule has 4 nitrogen and oxygen atoms in total. The molecule has 0 atom stereocenters. The molecule has 2 aromatic rings. The van der Waals surface area contributed by atoms with Crippen LogP contribution in [0.15, 0.2) is 43.0 Å². The summed E-state index contributed by atoms with van der Waals surface area (Å²) in [6.07, 6.45) is 5.34. The summed E-state index contributed by atoms with van der Waals surface area (Å²) in [6, 6.07) is 7.92. The molecule has 0 aliphatic heterocycles. The van der Waals surface area contributed by atoms with Gasteiger partial charge in [0.25, 0.3) is 0 Å². The van der Waals surface area contributed by atoms with Crippen LogP contribution in [0.4, 0.5) is 0 Å². The van der Waals surface area contributed by atoms with Crippen molar-refractivity contribution < 1.29 is 9.90 Å². The normalized spacial score (nSPS) is 10.4. The lowest BCUT2D eigenvalue weighted by atomic mass is 10.2. The van der Waals surface area contributed by atoms with Gasteiger partial charge in [-0.05, 0) is 11.6 Å². The molecule has 1 aromatic heterocycles. The molecule has 0 unspecified atom stereocenters. The maximum absolute atomic E-state index is 10.5. The lowest BCUT2D eigenvalue weighted by Gasteiger charge is -2.09. The number of carboxylic acids is 1. The molecule has 0 radical (unpaired) electrons. The Morgan fingerprint density at radius 1 is 1.41 bits per heavy atom. The second-order valence-corrected chi connectivity index (χ2v) is 4.47. The van der Waals surface area contributed by atoms with Gasteiger partial charge in [0.1, 0.15) is 0 Å². The van der Waals surface area contributed by atoms with Crippen molar-refractivity contribution in [3.63, 3.8) is 0 Å². The predicted octanol–water partition coefficient (Wildman–Crippen LogP) is 2.19. The quantitative estimate of drug-likeness (QED) is 0.881. The van der Waals surface area contributed by atoms with E-state index >= 15 is 0 Å². The summed E-state index contributed by atoms with van der Waals surface area (Å²) >= 11 is 1.39. The van der Waals surface area contributed by atoms with Gasteiger partial charge in [0.15, 0.2) is 0 Å². The average Bonchev–Trinajstić information content (AvgIpc) is 2.82.